The molecule has 1 saturated heterocycles. The number of rotatable bonds is 8. The third-order valence-corrected chi connectivity index (χ3v) is 7.39. The lowest BCUT2D eigenvalue weighted by atomic mass is 9.85. The molecule has 0 saturated carbocycles. The lowest BCUT2D eigenvalue weighted by molar-refractivity contribution is -0.139. The molecule has 1 fully saturated rings. The molecule has 3 aromatic rings. The zero-order chi connectivity index (χ0) is 26.5. The van der Waals surface area contributed by atoms with Crippen molar-refractivity contribution in [1.82, 2.24) is 4.90 Å². The van der Waals surface area contributed by atoms with E-state index >= 15 is 0 Å². The first-order chi connectivity index (χ1) is 17.9. The fourth-order valence-corrected chi connectivity index (χ4v) is 5.55. The highest BCUT2D eigenvalue weighted by molar-refractivity contribution is 6.12. The van der Waals surface area contributed by atoms with E-state index in [1.54, 1.807) is 21.3 Å². The fraction of sp³-hybridized carbons (Fsp3) is 0.448. The van der Waals surface area contributed by atoms with Crippen molar-refractivity contribution in [3.8, 4) is 17.2 Å². The Balaban J connectivity index is 0.000000275. The van der Waals surface area contributed by atoms with Crippen LogP contribution in [0.25, 0.3) is 21.5 Å². The standard InChI is InChI=1S/C23H25NO3.C6H10O4/c1-25-15-6-7-16-17-9-14-5-4-8-24(14)13-21(17)20-12-23(27-3)22(26-2)11-19(20)18(16)10-15;7-5(8)3-1-2-4-6(9)10/h6-7,10-12,14H,4-5,8-9,13H2,1-3H3;1-4H2,(H,7,8)(H,9,10)/t14-;/m0./s1. The van der Waals surface area contributed by atoms with Gasteiger partial charge in [0.2, 0.25) is 0 Å². The smallest absolute Gasteiger partial charge is 0.303 e. The van der Waals surface area contributed by atoms with Gasteiger partial charge in [0.1, 0.15) is 5.75 Å². The van der Waals surface area contributed by atoms with Crippen LogP contribution in [0.15, 0.2) is 30.3 Å². The van der Waals surface area contributed by atoms with Crippen molar-refractivity contribution < 1.29 is 34.0 Å². The van der Waals surface area contributed by atoms with Crippen molar-refractivity contribution in [3.05, 3.63) is 41.5 Å². The van der Waals surface area contributed by atoms with Crippen LogP contribution in [0, 0.1) is 0 Å². The van der Waals surface area contributed by atoms with Gasteiger partial charge in [0.25, 0.3) is 0 Å². The molecule has 2 N–H and O–H groups in total. The number of aliphatic carboxylic acids is 2. The van der Waals surface area contributed by atoms with Crippen LogP contribution in [0.3, 0.4) is 0 Å². The van der Waals surface area contributed by atoms with Crippen LogP contribution < -0.4 is 14.2 Å². The molecule has 0 aliphatic carbocycles. The zero-order valence-corrected chi connectivity index (χ0v) is 21.7. The van der Waals surface area contributed by atoms with Crippen molar-refractivity contribution in [3.63, 3.8) is 0 Å². The number of hydrogen-bond acceptors (Lipinski definition) is 6. The summed E-state index contributed by atoms with van der Waals surface area (Å²) >= 11 is 0. The predicted octanol–water partition coefficient (Wildman–Crippen LogP) is 5.26. The number of fused-ring (bicyclic) bond motifs is 7. The molecule has 0 spiro atoms. The minimum absolute atomic E-state index is 0.0628. The second kappa shape index (κ2) is 11.7. The average Bonchev–Trinajstić information content (AvgIpc) is 3.37. The molecule has 5 rings (SSSR count). The molecular formula is C29H35NO7. The molecule has 8 nitrogen and oxygen atoms in total. The molecule has 1 atom stereocenters. The summed E-state index contributed by atoms with van der Waals surface area (Å²) in [5.74, 6) is 0.703. The summed E-state index contributed by atoms with van der Waals surface area (Å²) in [5.41, 5.74) is 2.94. The van der Waals surface area contributed by atoms with E-state index in [2.05, 4.69) is 35.2 Å². The van der Waals surface area contributed by atoms with Gasteiger partial charge in [-0.2, -0.15) is 0 Å². The van der Waals surface area contributed by atoms with Gasteiger partial charge >= 0.3 is 11.9 Å². The Morgan fingerprint density at radius 3 is 2.05 bits per heavy atom. The van der Waals surface area contributed by atoms with Crippen LogP contribution in [0.1, 0.15) is 49.7 Å². The monoisotopic (exact) mass is 509 g/mol. The molecule has 2 heterocycles. The molecule has 0 amide bonds. The number of carbonyl (C=O) groups is 2. The SMILES string of the molecule is COc1ccc2c3c(c4cc(OC)c(OC)cc4c2c1)CN1CCC[C@H]1C3.O=C(O)CCCCC(=O)O. The lowest BCUT2D eigenvalue weighted by Crippen LogP contribution is -2.35. The Morgan fingerprint density at radius 2 is 1.46 bits per heavy atom. The molecule has 3 aromatic carbocycles. The summed E-state index contributed by atoms with van der Waals surface area (Å²) in [7, 11) is 5.12. The Kier molecular flexibility index (Phi) is 8.38. The van der Waals surface area contributed by atoms with Gasteiger partial charge in [-0.25, -0.2) is 0 Å². The molecule has 0 bridgehead atoms. The normalized spacial score (nSPS) is 16.5. The number of ether oxygens (including phenoxy) is 3. The number of unbranched alkanes of at least 4 members (excludes halogenated alkanes) is 1. The number of benzene rings is 3. The Hall–Kier alpha value is -3.52. The first kappa shape index (κ1) is 26.5. The van der Waals surface area contributed by atoms with Crippen molar-refractivity contribution >= 4 is 33.5 Å². The Labute approximate surface area is 216 Å². The highest BCUT2D eigenvalue weighted by Crippen LogP contribution is 2.44. The predicted molar refractivity (Wildman–Crippen MR) is 142 cm³/mol. The minimum Gasteiger partial charge on any atom is -0.497 e. The molecule has 37 heavy (non-hydrogen) atoms. The maximum absolute atomic E-state index is 9.90. The molecule has 2 aliphatic rings. The lowest BCUT2D eigenvalue weighted by Gasteiger charge is -2.33. The highest BCUT2D eigenvalue weighted by atomic mass is 16.5. The fourth-order valence-electron chi connectivity index (χ4n) is 5.55. The first-order valence-corrected chi connectivity index (χ1v) is 12.7. The Morgan fingerprint density at radius 1 is 0.838 bits per heavy atom. The van der Waals surface area contributed by atoms with Crippen LogP contribution >= 0.6 is 0 Å². The van der Waals surface area contributed by atoms with E-state index in [-0.39, 0.29) is 12.8 Å². The van der Waals surface area contributed by atoms with Crippen LogP contribution in [0.4, 0.5) is 0 Å². The summed E-state index contributed by atoms with van der Waals surface area (Å²) in [4.78, 5) is 22.4. The van der Waals surface area contributed by atoms with E-state index in [0.717, 1.165) is 30.2 Å². The maximum Gasteiger partial charge on any atom is 0.303 e. The summed E-state index contributed by atoms with van der Waals surface area (Å²) in [5, 5.41) is 21.3. The second-order valence-electron chi connectivity index (χ2n) is 9.59. The van der Waals surface area contributed by atoms with E-state index in [1.165, 1.54) is 52.1 Å². The second-order valence-corrected chi connectivity index (χ2v) is 9.59. The van der Waals surface area contributed by atoms with E-state index in [9.17, 15) is 9.59 Å². The quantitative estimate of drug-likeness (QED) is 0.313. The van der Waals surface area contributed by atoms with E-state index in [4.69, 9.17) is 24.4 Å². The molecule has 198 valence electrons. The van der Waals surface area contributed by atoms with Gasteiger partial charge in [-0.05, 0) is 95.6 Å². The topological polar surface area (TPSA) is 106 Å². The molecule has 0 radical (unpaired) electrons. The van der Waals surface area contributed by atoms with Crippen LogP contribution in [0.5, 0.6) is 17.2 Å². The van der Waals surface area contributed by atoms with Gasteiger partial charge in [-0.15, -0.1) is 0 Å². The molecule has 8 heteroatoms. The average molecular weight is 510 g/mol. The molecule has 0 aromatic heterocycles. The van der Waals surface area contributed by atoms with Crippen molar-refractivity contribution in [2.24, 2.45) is 0 Å². The number of methoxy groups -OCH3 is 3. The van der Waals surface area contributed by atoms with E-state index in [0.29, 0.717) is 18.9 Å². The minimum atomic E-state index is -0.870. The van der Waals surface area contributed by atoms with Gasteiger partial charge in [-0.3, -0.25) is 14.5 Å². The maximum atomic E-state index is 9.90. The largest absolute Gasteiger partial charge is 0.497 e. The third-order valence-electron chi connectivity index (χ3n) is 7.39. The van der Waals surface area contributed by atoms with E-state index < -0.39 is 11.9 Å². The Bertz CT molecular complexity index is 1290. The number of nitrogens with zero attached hydrogens (tertiary/aromatic N) is 1. The zero-order valence-electron chi connectivity index (χ0n) is 21.7. The van der Waals surface area contributed by atoms with Gasteiger partial charge < -0.3 is 24.4 Å². The van der Waals surface area contributed by atoms with Crippen molar-refractivity contribution in [2.45, 2.75) is 57.5 Å². The van der Waals surface area contributed by atoms with Crippen molar-refractivity contribution in [1.29, 1.82) is 0 Å². The van der Waals surface area contributed by atoms with Gasteiger partial charge in [0, 0.05) is 25.4 Å². The highest BCUT2D eigenvalue weighted by Gasteiger charge is 2.32. The van der Waals surface area contributed by atoms with Crippen LogP contribution in [0.2, 0.25) is 0 Å². The first-order valence-electron chi connectivity index (χ1n) is 12.7. The van der Waals surface area contributed by atoms with Gasteiger partial charge in [0.05, 0.1) is 21.3 Å². The van der Waals surface area contributed by atoms with Crippen LogP contribution in [-0.4, -0.2) is 61.0 Å². The number of carboxylic acid groups (broad SMARTS) is 2. The van der Waals surface area contributed by atoms with E-state index in [1.807, 2.05) is 0 Å². The summed E-state index contributed by atoms with van der Waals surface area (Å²) in [6.45, 7) is 2.23. The number of carboxylic acids is 2. The molecular weight excluding hydrogens is 474 g/mol. The summed E-state index contributed by atoms with van der Waals surface area (Å²) in [6, 6.07) is 11.4. The van der Waals surface area contributed by atoms with Gasteiger partial charge in [0.15, 0.2) is 11.5 Å². The van der Waals surface area contributed by atoms with Crippen molar-refractivity contribution in [2.75, 3.05) is 27.9 Å². The molecule has 2 aliphatic heterocycles. The third kappa shape index (κ3) is 5.74. The summed E-state index contributed by atoms with van der Waals surface area (Å²) < 4.78 is 16.7. The van der Waals surface area contributed by atoms with Crippen LogP contribution in [-0.2, 0) is 22.6 Å². The number of hydrogen-bond donors (Lipinski definition) is 2. The molecule has 0 unspecified atom stereocenters. The summed E-state index contributed by atoms with van der Waals surface area (Å²) in [6.07, 6.45) is 4.76. The van der Waals surface area contributed by atoms with Gasteiger partial charge in [-0.1, -0.05) is 6.07 Å².